The molecule has 0 spiro atoms. The number of phenolic OH excluding ortho intramolecular Hbond substituents is 1. The van der Waals surface area contributed by atoms with Crippen LogP contribution in [0.4, 0.5) is 0 Å². The molecular formula is C22H16BrN3O3. The number of benzene rings is 3. The SMILES string of the molecule is N#Cc1ccccc1COc1ccc(/C=N/NC(=O)c2ccc(O)cc2)cc1Br. The first kappa shape index (κ1) is 20.1. The van der Waals surface area contributed by atoms with Crippen LogP contribution in [0.2, 0.25) is 0 Å². The fraction of sp³-hybridized carbons (Fsp3) is 0.0455. The Labute approximate surface area is 176 Å². The minimum Gasteiger partial charge on any atom is -0.508 e. The summed E-state index contributed by atoms with van der Waals surface area (Å²) < 4.78 is 6.52. The Balaban J connectivity index is 1.60. The first-order valence-electron chi connectivity index (χ1n) is 8.59. The molecule has 0 fully saturated rings. The van der Waals surface area contributed by atoms with Crippen LogP contribution < -0.4 is 10.2 Å². The molecule has 29 heavy (non-hydrogen) atoms. The van der Waals surface area contributed by atoms with Crippen LogP contribution in [0.25, 0.3) is 0 Å². The molecule has 144 valence electrons. The number of amides is 1. The smallest absolute Gasteiger partial charge is 0.271 e. The van der Waals surface area contributed by atoms with Gasteiger partial charge in [0.25, 0.3) is 5.91 Å². The summed E-state index contributed by atoms with van der Waals surface area (Å²) in [7, 11) is 0. The van der Waals surface area contributed by atoms with Crippen LogP contribution in [0.1, 0.15) is 27.0 Å². The maximum atomic E-state index is 12.0. The average molecular weight is 450 g/mol. The summed E-state index contributed by atoms with van der Waals surface area (Å²) in [6.45, 7) is 0.276. The van der Waals surface area contributed by atoms with E-state index in [9.17, 15) is 9.90 Å². The number of carbonyl (C=O) groups excluding carboxylic acids is 1. The van der Waals surface area contributed by atoms with E-state index in [1.165, 1.54) is 30.5 Å². The van der Waals surface area contributed by atoms with Crippen LogP contribution in [-0.2, 0) is 6.61 Å². The van der Waals surface area contributed by atoms with Crippen LogP contribution in [0.3, 0.4) is 0 Å². The van der Waals surface area contributed by atoms with Gasteiger partial charge in [0, 0.05) is 11.1 Å². The van der Waals surface area contributed by atoms with Crippen molar-refractivity contribution >= 4 is 28.1 Å². The van der Waals surface area contributed by atoms with Crippen molar-refractivity contribution in [3.63, 3.8) is 0 Å². The molecule has 0 radical (unpaired) electrons. The Hall–Kier alpha value is -3.63. The van der Waals surface area contributed by atoms with Crippen molar-refractivity contribution in [2.75, 3.05) is 0 Å². The molecule has 3 rings (SSSR count). The molecule has 0 saturated heterocycles. The van der Waals surface area contributed by atoms with E-state index >= 15 is 0 Å². The summed E-state index contributed by atoms with van der Waals surface area (Å²) in [5, 5.41) is 22.3. The number of carbonyl (C=O) groups is 1. The monoisotopic (exact) mass is 449 g/mol. The molecule has 3 aromatic carbocycles. The molecule has 3 aromatic rings. The van der Waals surface area contributed by atoms with Crippen molar-refractivity contribution in [1.29, 1.82) is 5.26 Å². The third-order valence-corrected chi connectivity index (χ3v) is 4.61. The number of hydrogen-bond donors (Lipinski definition) is 2. The van der Waals surface area contributed by atoms with Crippen molar-refractivity contribution in [1.82, 2.24) is 5.43 Å². The van der Waals surface area contributed by atoms with Gasteiger partial charge in [0.15, 0.2) is 0 Å². The molecule has 0 saturated carbocycles. The minimum absolute atomic E-state index is 0.0910. The molecule has 0 heterocycles. The first-order valence-corrected chi connectivity index (χ1v) is 9.39. The number of rotatable bonds is 6. The summed E-state index contributed by atoms with van der Waals surface area (Å²) in [6, 6.07) is 20.7. The molecule has 0 aromatic heterocycles. The van der Waals surface area contributed by atoms with Gasteiger partial charge in [0.05, 0.1) is 22.3 Å². The highest BCUT2D eigenvalue weighted by Gasteiger charge is 2.06. The molecule has 0 aliphatic carbocycles. The Morgan fingerprint density at radius 2 is 1.93 bits per heavy atom. The minimum atomic E-state index is -0.378. The molecule has 2 N–H and O–H groups in total. The lowest BCUT2D eigenvalue weighted by atomic mass is 10.1. The van der Waals surface area contributed by atoms with Gasteiger partial charge in [-0.1, -0.05) is 18.2 Å². The van der Waals surface area contributed by atoms with E-state index in [0.29, 0.717) is 16.9 Å². The number of aromatic hydroxyl groups is 1. The summed E-state index contributed by atoms with van der Waals surface area (Å²) in [5.74, 6) is 0.341. The van der Waals surface area contributed by atoms with Crippen LogP contribution >= 0.6 is 15.9 Å². The summed E-state index contributed by atoms with van der Waals surface area (Å²) in [5.41, 5.74) is 4.97. The molecule has 0 unspecified atom stereocenters. The Bertz CT molecular complexity index is 1090. The van der Waals surface area contributed by atoms with Crippen LogP contribution in [0, 0.1) is 11.3 Å². The standard InChI is InChI=1S/C22H16BrN3O3/c23-20-11-15(13-25-26-22(28)16-6-8-19(27)9-7-16)5-10-21(20)29-14-18-4-2-1-3-17(18)12-24/h1-11,13,27H,14H2,(H,26,28)/b25-13+. The predicted octanol–water partition coefficient (Wildman–Crippen LogP) is 4.37. The zero-order valence-corrected chi connectivity index (χ0v) is 16.8. The van der Waals surface area contributed by atoms with E-state index in [1.807, 2.05) is 24.3 Å². The lowest BCUT2D eigenvalue weighted by molar-refractivity contribution is 0.0955. The zero-order chi connectivity index (χ0) is 20.6. The maximum Gasteiger partial charge on any atom is 0.271 e. The Kier molecular flexibility index (Phi) is 6.61. The molecule has 0 bridgehead atoms. The molecule has 0 aliphatic rings. The van der Waals surface area contributed by atoms with Crippen molar-refractivity contribution in [3.8, 4) is 17.6 Å². The second kappa shape index (κ2) is 9.53. The van der Waals surface area contributed by atoms with Crippen molar-refractivity contribution in [2.45, 2.75) is 6.61 Å². The predicted molar refractivity (Wildman–Crippen MR) is 113 cm³/mol. The molecule has 0 atom stereocenters. The normalized spacial score (nSPS) is 10.5. The zero-order valence-electron chi connectivity index (χ0n) is 15.2. The quantitative estimate of drug-likeness (QED) is 0.431. The van der Waals surface area contributed by atoms with Crippen molar-refractivity contribution in [3.05, 3.63) is 93.5 Å². The van der Waals surface area contributed by atoms with Gasteiger partial charge < -0.3 is 9.84 Å². The lowest BCUT2D eigenvalue weighted by Gasteiger charge is -2.10. The lowest BCUT2D eigenvalue weighted by Crippen LogP contribution is -2.17. The highest BCUT2D eigenvalue weighted by molar-refractivity contribution is 9.10. The third-order valence-electron chi connectivity index (χ3n) is 3.99. The van der Waals surface area contributed by atoms with Gasteiger partial charge in [0.1, 0.15) is 18.1 Å². The molecule has 0 aliphatic heterocycles. The summed E-state index contributed by atoms with van der Waals surface area (Å²) in [4.78, 5) is 12.0. The number of hydrogen-bond acceptors (Lipinski definition) is 5. The number of phenols is 1. The van der Waals surface area contributed by atoms with Gasteiger partial charge in [0.2, 0.25) is 0 Å². The first-order chi connectivity index (χ1) is 14.1. The van der Waals surface area contributed by atoms with Gasteiger partial charge in [-0.15, -0.1) is 0 Å². The molecule has 1 amide bonds. The second-order valence-corrected chi connectivity index (χ2v) is 6.85. The topological polar surface area (TPSA) is 94.7 Å². The summed E-state index contributed by atoms with van der Waals surface area (Å²) >= 11 is 3.46. The summed E-state index contributed by atoms with van der Waals surface area (Å²) in [6.07, 6.45) is 1.51. The number of hydrazone groups is 1. The number of halogens is 1. The van der Waals surface area contributed by atoms with E-state index in [0.717, 1.165) is 15.6 Å². The third kappa shape index (κ3) is 5.43. The van der Waals surface area contributed by atoms with E-state index in [1.54, 1.807) is 18.2 Å². The van der Waals surface area contributed by atoms with Crippen LogP contribution in [0.15, 0.2) is 76.3 Å². The molecule has 6 nitrogen and oxygen atoms in total. The van der Waals surface area contributed by atoms with Gasteiger partial charge >= 0.3 is 0 Å². The van der Waals surface area contributed by atoms with Gasteiger partial charge in [-0.25, -0.2) is 5.43 Å². The largest absolute Gasteiger partial charge is 0.508 e. The van der Waals surface area contributed by atoms with Crippen LogP contribution in [-0.4, -0.2) is 17.2 Å². The fourth-order valence-corrected chi connectivity index (χ4v) is 2.98. The van der Waals surface area contributed by atoms with Crippen molar-refractivity contribution < 1.29 is 14.6 Å². The molecule has 7 heteroatoms. The maximum absolute atomic E-state index is 12.0. The van der Waals surface area contributed by atoms with E-state index < -0.39 is 0 Å². The highest BCUT2D eigenvalue weighted by Crippen LogP contribution is 2.26. The highest BCUT2D eigenvalue weighted by atomic mass is 79.9. The van der Waals surface area contributed by atoms with E-state index in [2.05, 4.69) is 32.5 Å². The van der Waals surface area contributed by atoms with E-state index in [-0.39, 0.29) is 18.3 Å². The van der Waals surface area contributed by atoms with Crippen LogP contribution in [0.5, 0.6) is 11.5 Å². The number of nitriles is 1. The van der Waals surface area contributed by atoms with Gasteiger partial charge in [-0.2, -0.15) is 10.4 Å². The number of nitrogens with zero attached hydrogens (tertiary/aromatic N) is 2. The Morgan fingerprint density at radius 1 is 1.17 bits per heavy atom. The molecular weight excluding hydrogens is 434 g/mol. The number of nitrogens with one attached hydrogen (secondary N) is 1. The van der Waals surface area contributed by atoms with E-state index in [4.69, 9.17) is 10.00 Å². The number of ether oxygens (including phenoxy) is 1. The average Bonchev–Trinajstić information content (AvgIpc) is 2.73. The Morgan fingerprint density at radius 3 is 2.66 bits per heavy atom. The second-order valence-electron chi connectivity index (χ2n) is 5.99. The van der Waals surface area contributed by atoms with Gasteiger partial charge in [-0.3, -0.25) is 4.79 Å². The van der Waals surface area contributed by atoms with Gasteiger partial charge in [-0.05, 0) is 70.0 Å². The van der Waals surface area contributed by atoms with Crippen molar-refractivity contribution in [2.24, 2.45) is 5.10 Å². The fourth-order valence-electron chi connectivity index (χ4n) is 2.47.